The van der Waals surface area contributed by atoms with Gasteiger partial charge in [-0.3, -0.25) is 18.9 Å². The lowest BCUT2D eigenvalue weighted by Crippen LogP contribution is -2.33. The Morgan fingerprint density at radius 3 is 2.64 bits per heavy atom. The average Bonchev–Trinajstić information content (AvgIpc) is 3.13. The zero-order valence-electron chi connectivity index (χ0n) is 15.8. The van der Waals surface area contributed by atoms with Crippen molar-refractivity contribution in [2.24, 2.45) is 4.76 Å². The lowest BCUT2D eigenvalue weighted by atomic mass is 10.2. The van der Waals surface area contributed by atoms with E-state index in [1.807, 2.05) is 0 Å². The third-order valence-corrected chi connectivity index (χ3v) is 5.65. The van der Waals surface area contributed by atoms with Gasteiger partial charge in [0.05, 0.1) is 12.7 Å². The lowest BCUT2D eigenvalue weighted by Gasteiger charge is -2.19. The van der Waals surface area contributed by atoms with Crippen LogP contribution in [0.5, 0.6) is 0 Å². The number of nitrogens with zero attached hydrogens (tertiary/aromatic N) is 4. The first-order valence-corrected chi connectivity index (χ1v) is 10.3. The van der Waals surface area contributed by atoms with E-state index in [1.54, 1.807) is 30.8 Å². The second-order valence-electron chi connectivity index (χ2n) is 6.94. The molecule has 0 aliphatic carbocycles. The first kappa shape index (κ1) is 20.7. The SMILES string of the molecule is Cc1cn([C@H]2CC(O)[C@@H](COP(=O)(O)N=C3N(C)CCN3C)O2)c(=O)[nH]c1=O. The molecule has 0 spiro atoms. The fraction of sp³-hybridized carbons (Fsp3) is 0.667. The normalized spacial score (nSPS) is 27.3. The number of nitrogens with one attached hydrogen (secondary N) is 1. The van der Waals surface area contributed by atoms with Gasteiger partial charge in [0.1, 0.15) is 12.3 Å². The van der Waals surface area contributed by atoms with Gasteiger partial charge in [0.2, 0.25) is 5.96 Å². The molecular weight excluding hydrogens is 393 g/mol. The fourth-order valence-electron chi connectivity index (χ4n) is 3.09. The van der Waals surface area contributed by atoms with Crippen molar-refractivity contribution in [2.75, 3.05) is 33.8 Å². The molecule has 4 atom stereocenters. The molecular formula is C15H24N5O7P. The molecule has 0 saturated carbocycles. The molecule has 2 saturated heterocycles. The van der Waals surface area contributed by atoms with Crippen LogP contribution in [0, 0.1) is 6.92 Å². The molecule has 3 N–H and O–H groups in total. The van der Waals surface area contributed by atoms with Gasteiger partial charge >= 0.3 is 13.4 Å². The maximum Gasteiger partial charge on any atom is 0.454 e. The van der Waals surface area contributed by atoms with Gasteiger partial charge in [0.25, 0.3) is 5.56 Å². The fourth-order valence-corrected chi connectivity index (χ4v) is 4.02. The number of H-pyrrole nitrogens is 1. The molecule has 0 bridgehead atoms. The Kier molecular flexibility index (Phi) is 5.78. The molecule has 2 aliphatic heterocycles. The summed E-state index contributed by atoms with van der Waals surface area (Å²) in [6, 6.07) is 0. The van der Waals surface area contributed by atoms with E-state index < -0.39 is 37.4 Å². The summed E-state index contributed by atoms with van der Waals surface area (Å²) in [5.74, 6) is 0.340. The summed E-state index contributed by atoms with van der Waals surface area (Å²) in [5, 5.41) is 10.2. The highest BCUT2D eigenvalue weighted by atomic mass is 31.2. The van der Waals surface area contributed by atoms with Gasteiger partial charge in [-0.15, -0.1) is 4.76 Å². The Labute approximate surface area is 160 Å². The quantitative estimate of drug-likeness (QED) is 0.504. The molecule has 1 aromatic heterocycles. The third kappa shape index (κ3) is 4.36. The summed E-state index contributed by atoms with van der Waals surface area (Å²) in [4.78, 5) is 39.1. The van der Waals surface area contributed by atoms with E-state index in [-0.39, 0.29) is 13.0 Å². The van der Waals surface area contributed by atoms with Crippen molar-refractivity contribution in [1.29, 1.82) is 0 Å². The molecule has 3 rings (SSSR count). The summed E-state index contributed by atoms with van der Waals surface area (Å²) in [6.45, 7) is 2.51. The Morgan fingerprint density at radius 2 is 2.00 bits per heavy atom. The molecule has 2 aliphatic rings. The van der Waals surface area contributed by atoms with Crippen LogP contribution in [0.4, 0.5) is 0 Å². The summed E-state index contributed by atoms with van der Waals surface area (Å²) < 4.78 is 27.9. The highest BCUT2D eigenvalue weighted by Crippen LogP contribution is 2.45. The minimum Gasteiger partial charge on any atom is -0.390 e. The van der Waals surface area contributed by atoms with Crippen LogP contribution in [0.3, 0.4) is 0 Å². The largest absolute Gasteiger partial charge is 0.454 e. The molecule has 3 heterocycles. The highest BCUT2D eigenvalue weighted by Gasteiger charge is 2.37. The van der Waals surface area contributed by atoms with E-state index in [0.717, 1.165) is 0 Å². The smallest absolute Gasteiger partial charge is 0.390 e. The van der Waals surface area contributed by atoms with Gasteiger partial charge in [-0.2, -0.15) is 0 Å². The number of hydrogen-bond acceptors (Lipinski definition) is 6. The highest BCUT2D eigenvalue weighted by molar-refractivity contribution is 7.51. The zero-order valence-corrected chi connectivity index (χ0v) is 16.7. The third-order valence-electron chi connectivity index (χ3n) is 4.74. The van der Waals surface area contributed by atoms with Gasteiger partial charge in [-0.05, 0) is 6.92 Å². The predicted octanol–water partition coefficient (Wildman–Crippen LogP) is -1.16. The van der Waals surface area contributed by atoms with Crippen LogP contribution in [0.15, 0.2) is 20.5 Å². The Morgan fingerprint density at radius 1 is 1.36 bits per heavy atom. The number of aryl methyl sites for hydroxylation is 1. The molecule has 1 aromatic rings. The number of likely N-dealkylation sites (N-methyl/N-ethyl adjacent to an activating group) is 2. The Bertz CT molecular complexity index is 916. The number of aromatic amines is 1. The number of hydrogen-bond donors (Lipinski definition) is 3. The Balaban J connectivity index is 1.67. The first-order chi connectivity index (χ1) is 13.1. The monoisotopic (exact) mass is 417 g/mol. The summed E-state index contributed by atoms with van der Waals surface area (Å²) in [6.07, 6.45) is -1.37. The zero-order chi connectivity index (χ0) is 20.6. The van der Waals surface area contributed by atoms with Gasteiger partial charge in [-0.1, -0.05) is 0 Å². The average molecular weight is 417 g/mol. The predicted molar refractivity (Wildman–Crippen MR) is 99.1 cm³/mol. The van der Waals surface area contributed by atoms with Crippen LogP contribution in [0.1, 0.15) is 18.2 Å². The number of aliphatic hydroxyl groups excluding tert-OH is 1. The first-order valence-electron chi connectivity index (χ1n) is 8.73. The number of ether oxygens (including phenoxy) is 1. The van der Waals surface area contributed by atoms with Gasteiger partial charge < -0.3 is 24.5 Å². The van der Waals surface area contributed by atoms with Crippen LogP contribution in [-0.4, -0.2) is 81.3 Å². The number of rotatable bonds is 5. The van der Waals surface area contributed by atoms with Crippen molar-refractivity contribution in [2.45, 2.75) is 31.8 Å². The molecule has 156 valence electrons. The van der Waals surface area contributed by atoms with Crippen molar-refractivity contribution in [3.8, 4) is 0 Å². The van der Waals surface area contributed by atoms with Crippen LogP contribution < -0.4 is 11.2 Å². The number of aromatic nitrogens is 2. The van der Waals surface area contributed by atoms with Gasteiger partial charge in [-0.25, -0.2) is 9.36 Å². The Hall–Kier alpha value is -1.98. The van der Waals surface area contributed by atoms with Crippen molar-refractivity contribution in [3.63, 3.8) is 0 Å². The molecule has 12 nitrogen and oxygen atoms in total. The van der Waals surface area contributed by atoms with Crippen LogP contribution in [0.25, 0.3) is 0 Å². The topological polar surface area (TPSA) is 150 Å². The molecule has 0 radical (unpaired) electrons. The summed E-state index contributed by atoms with van der Waals surface area (Å²) in [7, 11) is -0.812. The van der Waals surface area contributed by atoms with E-state index in [4.69, 9.17) is 9.26 Å². The summed E-state index contributed by atoms with van der Waals surface area (Å²) in [5.41, 5.74) is -0.847. The summed E-state index contributed by atoms with van der Waals surface area (Å²) >= 11 is 0. The second kappa shape index (κ2) is 7.80. The maximum atomic E-state index is 12.3. The van der Waals surface area contributed by atoms with E-state index in [2.05, 4.69) is 9.75 Å². The van der Waals surface area contributed by atoms with E-state index in [1.165, 1.54) is 10.8 Å². The van der Waals surface area contributed by atoms with Crippen molar-refractivity contribution < 1.29 is 23.8 Å². The van der Waals surface area contributed by atoms with Crippen LogP contribution in [-0.2, 0) is 13.8 Å². The standard InChI is InChI=1S/C15H24N5O7P/c1-9-7-20(15(23)16-13(9)22)12-6-10(21)11(27-12)8-26-28(24,25)17-14-18(2)4-5-19(14)3/h7,10-12,21H,4-6,8H2,1-3H3,(H,24,25)(H,16,22,23)/t10?,11-,12-/m1/s1. The van der Waals surface area contributed by atoms with E-state index >= 15 is 0 Å². The molecule has 2 fully saturated rings. The molecule has 13 heteroatoms. The van der Waals surface area contributed by atoms with Crippen LogP contribution >= 0.6 is 7.75 Å². The maximum absolute atomic E-state index is 12.3. The van der Waals surface area contributed by atoms with E-state index in [0.29, 0.717) is 24.6 Å². The van der Waals surface area contributed by atoms with E-state index in [9.17, 15) is 24.2 Å². The number of guanidine groups is 1. The van der Waals surface area contributed by atoms with Gasteiger partial charge in [0, 0.05) is 45.4 Å². The van der Waals surface area contributed by atoms with Crippen molar-refractivity contribution in [1.82, 2.24) is 19.4 Å². The lowest BCUT2D eigenvalue weighted by molar-refractivity contribution is -0.0424. The van der Waals surface area contributed by atoms with Crippen LogP contribution in [0.2, 0.25) is 0 Å². The minimum atomic E-state index is -4.31. The molecule has 0 aromatic carbocycles. The van der Waals surface area contributed by atoms with Gasteiger partial charge in [0.15, 0.2) is 0 Å². The second-order valence-corrected chi connectivity index (χ2v) is 8.38. The van der Waals surface area contributed by atoms with Crippen molar-refractivity contribution in [3.05, 3.63) is 32.6 Å². The minimum absolute atomic E-state index is 0.0646. The van der Waals surface area contributed by atoms with Crippen molar-refractivity contribution >= 4 is 13.7 Å². The molecule has 0 amide bonds. The number of aliphatic hydroxyl groups is 1. The molecule has 28 heavy (non-hydrogen) atoms. The molecule has 2 unspecified atom stereocenters.